The van der Waals surface area contributed by atoms with Gasteiger partial charge in [0.25, 0.3) is 5.91 Å². The first kappa shape index (κ1) is 17.8. The van der Waals surface area contributed by atoms with E-state index >= 15 is 0 Å². The Balaban J connectivity index is 1.80. The standard InChI is InChI=1S/C17H19ClN4O2S/c1-2-3-5-14-20-21-17(25-14)19-16(24)12-8-7-11(18)10-13(12)22-9-4-6-15(22)23/h7-8,10H,2-6,9H2,1H3,(H,19,21,24). The molecular formula is C17H19ClN4O2S. The Morgan fingerprint density at radius 2 is 2.24 bits per heavy atom. The third kappa shape index (κ3) is 4.16. The van der Waals surface area contributed by atoms with Crippen LogP contribution >= 0.6 is 22.9 Å². The van der Waals surface area contributed by atoms with Crippen molar-refractivity contribution in [2.75, 3.05) is 16.8 Å². The van der Waals surface area contributed by atoms with Crippen molar-refractivity contribution in [2.24, 2.45) is 0 Å². The minimum absolute atomic E-state index is 0.00841. The van der Waals surface area contributed by atoms with Gasteiger partial charge in [0.2, 0.25) is 11.0 Å². The van der Waals surface area contributed by atoms with Crippen molar-refractivity contribution in [3.8, 4) is 0 Å². The highest BCUT2D eigenvalue weighted by atomic mass is 35.5. The zero-order valence-electron chi connectivity index (χ0n) is 13.9. The monoisotopic (exact) mass is 378 g/mol. The minimum Gasteiger partial charge on any atom is -0.312 e. The average molecular weight is 379 g/mol. The first-order valence-corrected chi connectivity index (χ1v) is 9.51. The van der Waals surface area contributed by atoms with Crippen molar-refractivity contribution in [2.45, 2.75) is 39.0 Å². The maximum atomic E-state index is 12.7. The van der Waals surface area contributed by atoms with Gasteiger partial charge in [-0.15, -0.1) is 10.2 Å². The molecule has 0 spiro atoms. The van der Waals surface area contributed by atoms with Gasteiger partial charge in [-0.3, -0.25) is 14.9 Å². The molecule has 2 heterocycles. The topological polar surface area (TPSA) is 75.2 Å². The number of aryl methyl sites for hydroxylation is 1. The Kier molecular flexibility index (Phi) is 5.65. The molecule has 132 valence electrons. The van der Waals surface area contributed by atoms with Gasteiger partial charge in [0, 0.05) is 24.4 Å². The second-order valence-electron chi connectivity index (χ2n) is 5.87. The molecule has 25 heavy (non-hydrogen) atoms. The molecule has 1 aliphatic rings. The lowest BCUT2D eigenvalue weighted by atomic mass is 10.1. The molecule has 1 aromatic carbocycles. The first-order chi connectivity index (χ1) is 12.1. The van der Waals surface area contributed by atoms with Crippen LogP contribution in [0.1, 0.15) is 48.0 Å². The van der Waals surface area contributed by atoms with Crippen LogP contribution in [0.15, 0.2) is 18.2 Å². The van der Waals surface area contributed by atoms with E-state index in [4.69, 9.17) is 11.6 Å². The molecule has 6 nitrogen and oxygen atoms in total. The SMILES string of the molecule is CCCCc1nnc(NC(=O)c2ccc(Cl)cc2N2CCCC2=O)s1. The molecule has 0 radical (unpaired) electrons. The number of anilines is 2. The number of nitrogens with one attached hydrogen (secondary N) is 1. The highest BCUT2D eigenvalue weighted by Gasteiger charge is 2.26. The Morgan fingerprint density at radius 1 is 1.40 bits per heavy atom. The maximum Gasteiger partial charge on any atom is 0.259 e. The Hall–Kier alpha value is -1.99. The molecule has 0 unspecified atom stereocenters. The highest BCUT2D eigenvalue weighted by molar-refractivity contribution is 7.15. The fourth-order valence-corrected chi connectivity index (χ4v) is 3.66. The summed E-state index contributed by atoms with van der Waals surface area (Å²) in [5.41, 5.74) is 0.952. The summed E-state index contributed by atoms with van der Waals surface area (Å²) >= 11 is 7.45. The number of halogens is 1. The summed E-state index contributed by atoms with van der Waals surface area (Å²) in [7, 11) is 0. The van der Waals surface area contributed by atoms with Gasteiger partial charge in [0.05, 0.1) is 11.3 Å². The molecule has 0 bridgehead atoms. The van der Waals surface area contributed by atoms with Gasteiger partial charge in [0.1, 0.15) is 5.01 Å². The third-order valence-electron chi connectivity index (χ3n) is 4.00. The predicted molar refractivity (Wildman–Crippen MR) is 99.5 cm³/mol. The molecule has 0 atom stereocenters. The zero-order chi connectivity index (χ0) is 17.8. The lowest BCUT2D eigenvalue weighted by Gasteiger charge is -2.19. The Bertz CT molecular complexity index is 793. The van der Waals surface area contributed by atoms with E-state index in [0.717, 1.165) is 30.7 Å². The Morgan fingerprint density at radius 3 is 2.96 bits per heavy atom. The van der Waals surface area contributed by atoms with Crippen molar-refractivity contribution < 1.29 is 9.59 Å². The molecule has 2 aromatic rings. The average Bonchev–Trinajstić information content (AvgIpc) is 3.21. The number of benzene rings is 1. The van der Waals surface area contributed by atoms with Crippen LogP contribution in [-0.2, 0) is 11.2 Å². The van der Waals surface area contributed by atoms with Crippen LogP contribution in [0.2, 0.25) is 5.02 Å². The third-order valence-corrected chi connectivity index (χ3v) is 5.13. The molecule has 1 fully saturated rings. The first-order valence-electron chi connectivity index (χ1n) is 8.32. The fraction of sp³-hybridized carbons (Fsp3) is 0.412. The molecule has 2 amide bonds. The van der Waals surface area contributed by atoms with Crippen LogP contribution in [0.3, 0.4) is 0 Å². The lowest BCUT2D eigenvalue weighted by molar-refractivity contribution is -0.117. The van der Waals surface area contributed by atoms with Crippen LogP contribution in [0, 0.1) is 0 Å². The van der Waals surface area contributed by atoms with E-state index in [1.807, 2.05) is 0 Å². The molecule has 1 saturated heterocycles. The van der Waals surface area contributed by atoms with Crippen molar-refractivity contribution in [3.05, 3.63) is 33.8 Å². The van der Waals surface area contributed by atoms with E-state index in [9.17, 15) is 9.59 Å². The molecular weight excluding hydrogens is 360 g/mol. The second kappa shape index (κ2) is 7.93. The van der Waals surface area contributed by atoms with Gasteiger partial charge >= 0.3 is 0 Å². The minimum atomic E-state index is -0.315. The van der Waals surface area contributed by atoms with E-state index in [1.54, 1.807) is 23.1 Å². The van der Waals surface area contributed by atoms with Crippen molar-refractivity contribution in [3.63, 3.8) is 0 Å². The quantitative estimate of drug-likeness (QED) is 0.826. The zero-order valence-corrected chi connectivity index (χ0v) is 15.5. The van der Waals surface area contributed by atoms with E-state index in [-0.39, 0.29) is 11.8 Å². The number of hydrogen-bond donors (Lipinski definition) is 1. The largest absolute Gasteiger partial charge is 0.312 e. The molecule has 1 aliphatic heterocycles. The molecule has 1 aromatic heterocycles. The Labute approximate surface area is 155 Å². The predicted octanol–water partition coefficient (Wildman–Crippen LogP) is 3.91. The molecule has 0 aliphatic carbocycles. The van der Waals surface area contributed by atoms with E-state index in [2.05, 4.69) is 22.4 Å². The van der Waals surface area contributed by atoms with Crippen LogP contribution in [0.25, 0.3) is 0 Å². The number of carbonyl (C=O) groups excluding carboxylic acids is 2. The van der Waals surface area contributed by atoms with Gasteiger partial charge in [-0.1, -0.05) is 36.3 Å². The molecule has 0 saturated carbocycles. The van der Waals surface area contributed by atoms with E-state index in [1.165, 1.54) is 11.3 Å². The maximum absolute atomic E-state index is 12.7. The van der Waals surface area contributed by atoms with Gasteiger partial charge in [-0.25, -0.2) is 0 Å². The van der Waals surface area contributed by atoms with Crippen molar-refractivity contribution >= 4 is 45.6 Å². The molecule has 8 heteroatoms. The van der Waals surface area contributed by atoms with Crippen LogP contribution in [-0.4, -0.2) is 28.6 Å². The summed E-state index contributed by atoms with van der Waals surface area (Å²) in [4.78, 5) is 26.4. The van der Waals surface area contributed by atoms with Crippen molar-refractivity contribution in [1.82, 2.24) is 10.2 Å². The van der Waals surface area contributed by atoms with Crippen LogP contribution < -0.4 is 10.2 Å². The van der Waals surface area contributed by atoms with Gasteiger partial charge in [-0.2, -0.15) is 0 Å². The lowest BCUT2D eigenvalue weighted by Crippen LogP contribution is -2.27. The van der Waals surface area contributed by atoms with Gasteiger partial charge in [0.15, 0.2) is 0 Å². The van der Waals surface area contributed by atoms with Gasteiger partial charge in [-0.05, 0) is 31.0 Å². The summed E-state index contributed by atoms with van der Waals surface area (Å²) in [6.07, 6.45) is 4.26. The number of rotatable bonds is 6. The molecule has 3 rings (SSSR count). The highest BCUT2D eigenvalue weighted by Crippen LogP contribution is 2.29. The van der Waals surface area contributed by atoms with Crippen LogP contribution in [0.4, 0.5) is 10.8 Å². The number of amides is 2. The number of nitrogens with zero attached hydrogens (tertiary/aromatic N) is 3. The number of hydrogen-bond acceptors (Lipinski definition) is 5. The number of aromatic nitrogens is 2. The van der Waals surface area contributed by atoms with Gasteiger partial charge < -0.3 is 4.90 Å². The van der Waals surface area contributed by atoms with Crippen molar-refractivity contribution in [1.29, 1.82) is 0 Å². The summed E-state index contributed by atoms with van der Waals surface area (Å²) in [5, 5.41) is 12.8. The molecule has 1 N–H and O–H groups in total. The fourth-order valence-electron chi connectivity index (χ4n) is 2.72. The van der Waals surface area contributed by atoms with E-state index < -0.39 is 0 Å². The second-order valence-corrected chi connectivity index (χ2v) is 7.37. The summed E-state index contributed by atoms with van der Waals surface area (Å²) < 4.78 is 0. The normalized spacial score (nSPS) is 14.2. The summed E-state index contributed by atoms with van der Waals surface area (Å²) in [6.45, 7) is 2.71. The number of unbranched alkanes of at least 4 members (excludes halogenated alkanes) is 1. The van der Waals surface area contributed by atoms with E-state index in [0.29, 0.717) is 34.4 Å². The smallest absolute Gasteiger partial charge is 0.259 e. The summed E-state index contributed by atoms with van der Waals surface area (Å²) in [5.74, 6) is -0.307. The summed E-state index contributed by atoms with van der Waals surface area (Å²) in [6, 6.07) is 4.94. The number of carbonyl (C=O) groups is 2. The van der Waals surface area contributed by atoms with Crippen LogP contribution in [0.5, 0.6) is 0 Å².